The topological polar surface area (TPSA) is 86.3 Å². The van der Waals surface area contributed by atoms with Crippen LogP contribution in [0, 0.1) is 0 Å². The number of aliphatic carboxylic acids is 1. The van der Waals surface area contributed by atoms with Gasteiger partial charge in [-0.2, -0.15) is 5.10 Å². The third-order valence-corrected chi connectivity index (χ3v) is 6.02. The van der Waals surface area contributed by atoms with Gasteiger partial charge < -0.3 is 9.84 Å². The fraction of sp³-hybridized carbons (Fsp3) is 0.500. The van der Waals surface area contributed by atoms with Gasteiger partial charge in [-0.3, -0.25) is 4.57 Å². The maximum absolute atomic E-state index is 12.8. The second kappa shape index (κ2) is 15.0. The number of carbonyl (C=O) groups is 1. The molecule has 1 aromatic heterocycles. The Morgan fingerprint density at radius 2 is 1.57 bits per heavy atom. The molecule has 0 aliphatic carbocycles. The van der Waals surface area contributed by atoms with Crippen molar-refractivity contribution in [2.75, 3.05) is 0 Å². The number of nitrogens with zero attached hydrogens (tertiary/aromatic N) is 3. The first-order chi connectivity index (χ1) is 17.7. The molecule has 2 aromatic carbocycles. The molecule has 7 heteroatoms. The number of hydrogen-bond acceptors (Lipinski definition) is 4. The quantitative estimate of drug-likeness (QED) is 0.281. The van der Waals surface area contributed by atoms with Crippen LogP contribution in [0.2, 0.25) is 0 Å². The van der Waals surface area contributed by atoms with Crippen molar-refractivity contribution in [1.29, 1.82) is 0 Å². The van der Waals surface area contributed by atoms with Gasteiger partial charge in [-0.1, -0.05) is 76.1 Å². The molecule has 0 aliphatic rings. The van der Waals surface area contributed by atoms with E-state index in [4.69, 9.17) is 4.74 Å². The molecule has 37 heavy (non-hydrogen) atoms. The number of carboxylic acids is 1. The minimum atomic E-state index is -1.28. The minimum Gasteiger partial charge on any atom is -0.478 e. The van der Waals surface area contributed by atoms with E-state index in [1.165, 1.54) is 26.7 Å². The fourth-order valence-corrected chi connectivity index (χ4v) is 3.69. The lowest BCUT2D eigenvalue weighted by Crippen LogP contribution is -2.37. The molecule has 0 unspecified atom stereocenters. The van der Waals surface area contributed by atoms with Crippen molar-refractivity contribution in [2.45, 2.75) is 98.3 Å². The van der Waals surface area contributed by atoms with Crippen molar-refractivity contribution in [1.82, 2.24) is 14.3 Å². The van der Waals surface area contributed by atoms with Crippen molar-refractivity contribution in [3.63, 3.8) is 0 Å². The van der Waals surface area contributed by atoms with Crippen LogP contribution in [-0.4, -0.2) is 31.0 Å². The first-order valence-electron chi connectivity index (χ1n) is 13.4. The zero-order valence-electron chi connectivity index (χ0n) is 23.1. The zero-order chi connectivity index (χ0) is 27.3. The standard InChI is InChI=1S/C26H33N3O4.C4H10/c1-4-17-28-23(27-29(25(28)32)19-21-12-6-5-7-13-21)16-9-8-11-20-14-10-15-22(18-20)33-26(2,3)24(30)31;1-3-4-2/h5-7,10,12-15,18H,4,8-9,11,16-17,19H2,1-3H3,(H,30,31);3-4H2,1-2H3. The molecule has 3 aromatic rings. The van der Waals surface area contributed by atoms with Gasteiger partial charge in [0.25, 0.3) is 0 Å². The number of rotatable bonds is 13. The first kappa shape index (κ1) is 29.9. The molecule has 202 valence electrons. The average Bonchev–Trinajstić information content (AvgIpc) is 3.16. The SMILES string of the molecule is CCCC.CCCn1c(CCCCc2cccc(OC(C)(C)C(=O)O)c2)nn(Cc2ccccc2)c1=O. The fourth-order valence-electron chi connectivity index (χ4n) is 3.69. The Bertz CT molecular complexity index is 1150. The number of benzene rings is 2. The molecule has 0 aliphatic heterocycles. The van der Waals surface area contributed by atoms with E-state index in [0.717, 1.165) is 49.1 Å². The highest BCUT2D eigenvalue weighted by molar-refractivity contribution is 5.76. The molecule has 0 radical (unpaired) electrons. The normalized spacial score (nSPS) is 11.1. The van der Waals surface area contributed by atoms with Gasteiger partial charge in [0.15, 0.2) is 5.60 Å². The van der Waals surface area contributed by atoms with Gasteiger partial charge in [0.1, 0.15) is 11.6 Å². The molecule has 0 spiro atoms. The maximum Gasteiger partial charge on any atom is 0.347 e. The average molecular weight is 510 g/mol. The maximum atomic E-state index is 12.8. The molecule has 0 saturated carbocycles. The predicted molar refractivity (Wildman–Crippen MR) is 148 cm³/mol. The second-order valence-corrected chi connectivity index (χ2v) is 9.77. The number of unbranched alkanes of at least 4 members (excludes halogenated alkanes) is 2. The van der Waals surface area contributed by atoms with Crippen molar-refractivity contribution in [3.8, 4) is 5.75 Å². The van der Waals surface area contributed by atoms with Gasteiger partial charge in [0.05, 0.1) is 6.54 Å². The molecule has 0 saturated heterocycles. The van der Waals surface area contributed by atoms with E-state index in [0.29, 0.717) is 18.8 Å². The van der Waals surface area contributed by atoms with Crippen LogP contribution < -0.4 is 10.4 Å². The van der Waals surface area contributed by atoms with Crippen LogP contribution in [0.25, 0.3) is 0 Å². The Morgan fingerprint density at radius 1 is 0.919 bits per heavy atom. The Balaban J connectivity index is 0.00000112. The molecule has 1 N–H and O–H groups in total. The Hall–Kier alpha value is -3.35. The summed E-state index contributed by atoms with van der Waals surface area (Å²) in [5.41, 5.74) is 0.816. The summed E-state index contributed by atoms with van der Waals surface area (Å²) in [6.45, 7) is 10.6. The van der Waals surface area contributed by atoms with Crippen LogP contribution in [-0.2, 0) is 30.7 Å². The van der Waals surface area contributed by atoms with Crippen LogP contribution in [0.15, 0.2) is 59.4 Å². The van der Waals surface area contributed by atoms with Gasteiger partial charge in [0, 0.05) is 13.0 Å². The lowest BCUT2D eigenvalue weighted by atomic mass is 10.1. The number of ether oxygens (including phenoxy) is 1. The summed E-state index contributed by atoms with van der Waals surface area (Å²) < 4.78 is 8.99. The molecule has 3 rings (SSSR count). The number of aromatic nitrogens is 3. The number of aryl methyl sites for hydroxylation is 2. The van der Waals surface area contributed by atoms with Crippen LogP contribution in [0.1, 0.15) is 83.7 Å². The van der Waals surface area contributed by atoms with Crippen LogP contribution in [0.5, 0.6) is 5.75 Å². The molecule has 0 amide bonds. The van der Waals surface area contributed by atoms with Crippen LogP contribution in [0.4, 0.5) is 0 Å². The zero-order valence-corrected chi connectivity index (χ0v) is 23.1. The number of hydrogen-bond donors (Lipinski definition) is 1. The molecule has 7 nitrogen and oxygen atoms in total. The summed E-state index contributed by atoms with van der Waals surface area (Å²) in [6.07, 6.45) is 6.92. The van der Waals surface area contributed by atoms with Crippen molar-refractivity contribution in [2.24, 2.45) is 0 Å². The summed E-state index contributed by atoms with van der Waals surface area (Å²) >= 11 is 0. The monoisotopic (exact) mass is 509 g/mol. The van der Waals surface area contributed by atoms with E-state index < -0.39 is 11.6 Å². The summed E-state index contributed by atoms with van der Waals surface area (Å²) in [5, 5.41) is 13.9. The highest BCUT2D eigenvalue weighted by atomic mass is 16.5. The first-order valence-corrected chi connectivity index (χ1v) is 13.4. The van der Waals surface area contributed by atoms with Crippen molar-refractivity contribution < 1.29 is 14.6 Å². The van der Waals surface area contributed by atoms with Gasteiger partial charge in [-0.15, -0.1) is 0 Å². The van der Waals surface area contributed by atoms with Gasteiger partial charge in [-0.05, 0) is 62.8 Å². The molecule has 0 atom stereocenters. The number of carboxylic acid groups (broad SMARTS) is 1. The van der Waals surface area contributed by atoms with Gasteiger partial charge in [-0.25, -0.2) is 14.3 Å². The largest absolute Gasteiger partial charge is 0.478 e. The van der Waals surface area contributed by atoms with E-state index in [1.807, 2.05) is 48.5 Å². The lowest BCUT2D eigenvalue weighted by molar-refractivity contribution is -0.152. The predicted octanol–water partition coefficient (Wildman–Crippen LogP) is 6.12. The van der Waals surface area contributed by atoms with Crippen molar-refractivity contribution in [3.05, 3.63) is 82.0 Å². The van der Waals surface area contributed by atoms with Crippen molar-refractivity contribution >= 4 is 5.97 Å². The van der Waals surface area contributed by atoms with Gasteiger partial charge >= 0.3 is 11.7 Å². The highest BCUT2D eigenvalue weighted by Gasteiger charge is 2.29. The molecule has 1 heterocycles. The van der Waals surface area contributed by atoms with E-state index in [1.54, 1.807) is 15.3 Å². The molecular formula is C30H43N3O4. The van der Waals surface area contributed by atoms with E-state index in [-0.39, 0.29) is 5.69 Å². The third kappa shape index (κ3) is 9.56. The third-order valence-electron chi connectivity index (χ3n) is 6.02. The van der Waals surface area contributed by atoms with E-state index in [2.05, 4.69) is 25.9 Å². The van der Waals surface area contributed by atoms with Crippen LogP contribution in [0.3, 0.4) is 0 Å². The lowest BCUT2D eigenvalue weighted by Gasteiger charge is -2.21. The molecule has 0 bridgehead atoms. The van der Waals surface area contributed by atoms with E-state index in [9.17, 15) is 14.7 Å². The van der Waals surface area contributed by atoms with E-state index >= 15 is 0 Å². The Kier molecular flexibility index (Phi) is 12.1. The highest BCUT2D eigenvalue weighted by Crippen LogP contribution is 2.21. The summed E-state index contributed by atoms with van der Waals surface area (Å²) in [6, 6.07) is 17.5. The minimum absolute atomic E-state index is 0.0541. The molecule has 0 fully saturated rings. The second-order valence-electron chi connectivity index (χ2n) is 9.77. The van der Waals surface area contributed by atoms with Crippen LogP contribution >= 0.6 is 0 Å². The Morgan fingerprint density at radius 3 is 2.19 bits per heavy atom. The molecular weight excluding hydrogens is 466 g/mol. The Labute approximate surface area is 221 Å². The smallest absolute Gasteiger partial charge is 0.347 e. The van der Waals surface area contributed by atoms with Gasteiger partial charge in [0.2, 0.25) is 0 Å². The summed E-state index contributed by atoms with van der Waals surface area (Å²) in [4.78, 5) is 24.1. The summed E-state index contributed by atoms with van der Waals surface area (Å²) in [5.74, 6) is 0.382. The summed E-state index contributed by atoms with van der Waals surface area (Å²) in [7, 11) is 0.